The zero-order chi connectivity index (χ0) is 36.9. The van der Waals surface area contributed by atoms with Gasteiger partial charge < -0.3 is 19.2 Å². The molecule has 1 N–H and O–H groups in total. The van der Waals surface area contributed by atoms with Gasteiger partial charge in [-0.15, -0.1) is 0 Å². The van der Waals surface area contributed by atoms with E-state index < -0.39 is 52.3 Å². The van der Waals surface area contributed by atoms with Crippen molar-refractivity contribution in [3.8, 4) is 5.75 Å². The lowest BCUT2D eigenvalue weighted by molar-refractivity contribution is -0.101. The Bertz CT molecular complexity index is 2020. The van der Waals surface area contributed by atoms with Gasteiger partial charge in [-0.25, -0.2) is 19.5 Å². The molecule has 0 amide bonds. The molecular weight excluding hydrogens is 698 g/mol. The zero-order valence-corrected chi connectivity index (χ0v) is 32.6. The molecule has 14 heteroatoms. The number of ether oxygens (including phenoxy) is 2. The molecule has 274 valence electrons. The van der Waals surface area contributed by atoms with Crippen LogP contribution >= 0.6 is 7.82 Å². The third-order valence-electron chi connectivity index (χ3n) is 10.6. The van der Waals surface area contributed by atoms with Crippen LogP contribution in [0.25, 0.3) is 11.2 Å². The largest absolute Gasteiger partial charge is 0.497 e. The lowest BCUT2D eigenvalue weighted by atomic mass is 9.77. The van der Waals surface area contributed by atoms with E-state index in [1.165, 1.54) is 13.4 Å². The Morgan fingerprint density at radius 1 is 0.827 bits per heavy atom. The molecule has 0 spiro atoms. The summed E-state index contributed by atoms with van der Waals surface area (Å²) < 4.78 is 51.6. The molecule has 2 aliphatic rings. The number of benzene rings is 3. The number of nitrogens with zero attached hydrogens (tertiary/aromatic N) is 4. The minimum atomic E-state index is -3.85. The van der Waals surface area contributed by atoms with Crippen LogP contribution in [0.4, 0.5) is 5.82 Å². The highest BCUT2D eigenvalue weighted by Crippen LogP contribution is 2.59. The number of phosphoric ester groups is 1. The fourth-order valence-corrected chi connectivity index (χ4v) is 9.37. The van der Waals surface area contributed by atoms with Crippen LogP contribution in [0.1, 0.15) is 50.6 Å². The second kappa shape index (κ2) is 13.8. The van der Waals surface area contributed by atoms with Crippen molar-refractivity contribution < 1.29 is 32.0 Å². The van der Waals surface area contributed by atoms with E-state index >= 15 is 0 Å². The molecule has 4 heterocycles. The lowest BCUT2D eigenvalue weighted by Crippen LogP contribution is -2.51. The molecule has 3 unspecified atom stereocenters. The number of imidazole rings is 1. The second-order valence-electron chi connectivity index (χ2n) is 14.7. The number of aromatic nitrogens is 4. The van der Waals surface area contributed by atoms with Crippen molar-refractivity contribution in [3.63, 3.8) is 0 Å². The number of phosphoric acid groups is 1. The van der Waals surface area contributed by atoms with Crippen molar-refractivity contribution in [2.45, 2.75) is 82.0 Å². The van der Waals surface area contributed by atoms with E-state index in [4.69, 9.17) is 42.4 Å². The van der Waals surface area contributed by atoms with Crippen molar-refractivity contribution in [2.75, 3.05) is 19.5 Å². The first kappa shape index (κ1) is 36.4. The molecule has 7 rings (SSSR count). The molecule has 52 heavy (non-hydrogen) atoms. The summed E-state index contributed by atoms with van der Waals surface area (Å²) >= 11 is 0. The summed E-state index contributed by atoms with van der Waals surface area (Å²) in [7, 11) is -3.31. The van der Waals surface area contributed by atoms with Crippen molar-refractivity contribution in [1.82, 2.24) is 19.5 Å². The Morgan fingerprint density at radius 3 is 2.02 bits per heavy atom. The Morgan fingerprint density at radius 2 is 1.44 bits per heavy atom. The number of fused-ring (bicyclic) bond motifs is 2. The number of hydrogen-bond donors (Lipinski definition) is 1. The molecule has 2 aliphatic heterocycles. The van der Waals surface area contributed by atoms with Gasteiger partial charge in [0, 0.05) is 7.11 Å². The second-order valence-corrected chi connectivity index (χ2v) is 21.2. The van der Waals surface area contributed by atoms with Gasteiger partial charge in [0.1, 0.15) is 35.9 Å². The number of methoxy groups -OCH3 is 1. The standard InChI is InChI=1S/C38H46N5O7PSi/c1-25-31-32(49-51(44,46-6)48-25)33(50-52(7,8)37(2,3)4)36(47-31)43-24-41-30-34(39-23-40-35(30)43)42-38(26-15-11-9-12-16-26,27-17-13-10-14-18-27)28-19-21-29(45-5)22-20-28/h9-25,31-33,36H,1-8H3,(H,39,40,42)/t25-,31?,32?,33+,36+,51?/m0/s1. The van der Waals surface area contributed by atoms with Gasteiger partial charge in [-0.1, -0.05) is 93.6 Å². The number of rotatable bonds is 10. The maximum Gasteiger partial charge on any atom is 0.475 e. The molecular formula is C38H46N5O7PSi. The first-order valence-corrected chi connectivity index (χ1v) is 21.7. The molecule has 0 bridgehead atoms. The molecule has 3 aromatic carbocycles. The number of anilines is 1. The molecule has 12 nitrogen and oxygen atoms in total. The summed E-state index contributed by atoms with van der Waals surface area (Å²) in [5.74, 6) is 1.26. The van der Waals surface area contributed by atoms with Gasteiger partial charge in [-0.05, 0) is 53.9 Å². The van der Waals surface area contributed by atoms with Crippen molar-refractivity contribution >= 4 is 33.1 Å². The summed E-state index contributed by atoms with van der Waals surface area (Å²) in [6.45, 7) is 12.6. The van der Waals surface area contributed by atoms with Gasteiger partial charge in [0.2, 0.25) is 0 Å². The summed E-state index contributed by atoms with van der Waals surface area (Å²) in [4.78, 5) is 14.4. The molecule has 0 radical (unpaired) electrons. The summed E-state index contributed by atoms with van der Waals surface area (Å²) in [5, 5.41) is 3.71. The van der Waals surface area contributed by atoms with E-state index in [2.05, 4.69) is 75.6 Å². The Labute approximate surface area is 305 Å². The highest BCUT2D eigenvalue weighted by atomic mass is 31.2. The summed E-state index contributed by atoms with van der Waals surface area (Å²) in [6, 6.07) is 28.5. The fourth-order valence-electron chi connectivity index (χ4n) is 6.79. The first-order valence-electron chi connectivity index (χ1n) is 17.4. The third kappa shape index (κ3) is 6.38. The molecule has 6 atom stereocenters. The van der Waals surface area contributed by atoms with E-state index in [9.17, 15) is 4.57 Å². The van der Waals surface area contributed by atoms with E-state index in [1.807, 2.05) is 53.1 Å². The molecule has 0 saturated carbocycles. The van der Waals surface area contributed by atoms with Gasteiger partial charge in [0.15, 0.2) is 31.5 Å². The van der Waals surface area contributed by atoms with E-state index in [0.29, 0.717) is 17.0 Å². The van der Waals surface area contributed by atoms with Crippen molar-refractivity contribution in [1.29, 1.82) is 0 Å². The average Bonchev–Trinajstić information content (AvgIpc) is 3.72. The Balaban J connectivity index is 1.36. The Kier molecular flexibility index (Phi) is 9.66. The average molecular weight is 744 g/mol. The number of hydrogen-bond acceptors (Lipinski definition) is 11. The predicted molar refractivity (Wildman–Crippen MR) is 201 cm³/mol. The lowest BCUT2D eigenvalue weighted by Gasteiger charge is -2.42. The van der Waals surface area contributed by atoms with E-state index in [1.54, 1.807) is 20.4 Å². The molecule has 2 aromatic heterocycles. The molecule has 2 fully saturated rings. The monoisotopic (exact) mass is 743 g/mol. The van der Waals surface area contributed by atoms with Crippen LogP contribution in [0.15, 0.2) is 97.6 Å². The topological polar surface area (TPSA) is 128 Å². The Hall–Kier alpha value is -3.94. The smallest absolute Gasteiger partial charge is 0.475 e. The quantitative estimate of drug-likeness (QED) is 0.0847. The SMILES string of the molecule is COc1ccc(C(Nc2ncnc3c2ncn3[C@@H]2OC3C(OP(=O)(OC)O[C@H]3C)[C@H]2O[Si](C)(C)C(C)(C)C)(c2ccccc2)c2ccccc2)cc1. The van der Waals surface area contributed by atoms with Gasteiger partial charge in [-0.3, -0.25) is 18.1 Å². The van der Waals surface area contributed by atoms with Gasteiger partial charge in [0.05, 0.1) is 19.5 Å². The van der Waals surface area contributed by atoms with E-state index in [-0.39, 0.29) is 5.04 Å². The van der Waals surface area contributed by atoms with Gasteiger partial charge in [-0.2, -0.15) is 0 Å². The summed E-state index contributed by atoms with van der Waals surface area (Å²) in [5.41, 5.74) is 3.13. The fraction of sp³-hybridized carbons (Fsp3) is 0.395. The summed E-state index contributed by atoms with van der Waals surface area (Å²) in [6.07, 6.45) is -0.112. The predicted octanol–water partition coefficient (Wildman–Crippen LogP) is 8.09. The zero-order valence-electron chi connectivity index (χ0n) is 30.7. The van der Waals surface area contributed by atoms with Crippen molar-refractivity contribution in [2.24, 2.45) is 0 Å². The van der Waals surface area contributed by atoms with E-state index in [0.717, 1.165) is 22.4 Å². The van der Waals surface area contributed by atoms with Crippen LogP contribution < -0.4 is 10.1 Å². The van der Waals surface area contributed by atoms with Crippen LogP contribution in [-0.2, 0) is 32.8 Å². The maximum atomic E-state index is 13.4. The normalized spacial score (nSPS) is 25.2. The van der Waals surface area contributed by atoms with Crippen LogP contribution in [0.5, 0.6) is 5.75 Å². The molecule has 5 aromatic rings. The highest BCUT2D eigenvalue weighted by Gasteiger charge is 2.59. The molecule has 2 saturated heterocycles. The van der Waals surface area contributed by atoms with Crippen LogP contribution in [0, 0.1) is 0 Å². The first-order chi connectivity index (χ1) is 24.8. The number of nitrogens with one attached hydrogen (secondary N) is 1. The van der Waals surface area contributed by atoms with Crippen LogP contribution in [0.2, 0.25) is 18.1 Å². The minimum Gasteiger partial charge on any atom is -0.497 e. The maximum absolute atomic E-state index is 13.4. The minimum absolute atomic E-state index is 0.132. The van der Waals surface area contributed by atoms with Crippen LogP contribution in [-0.4, -0.2) is 66.5 Å². The highest BCUT2D eigenvalue weighted by molar-refractivity contribution is 7.48. The van der Waals surface area contributed by atoms with Gasteiger partial charge >= 0.3 is 7.82 Å². The van der Waals surface area contributed by atoms with Crippen LogP contribution in [0.3, 0.4) is 0 Å². The van der Waals surface area contributed by atoms with Gasteiger partial charge in [0.25, 0.3) is 0 Å². The third-order valence-corrected chi connectivity index (χ3v) is 16.6. The molecule has 0 aliphatic carbocycles. The van der Waals surface area contributed by atoms with Crippen molar-refractivity contribution in [3.05, 3.63) is 114 Å².